The summed E-state index contributed by atoms with van der Waals surface area (Å²) in [5, 5.41) is 22.4. The molecule has 3 aromatic rings. The molecule has 2 aromatic heterocycles. The van der Waals surface area contributed by atoms with Gasteiger partial charge in [-0.25, -0.2) is 4.98 Å². The van der Waals surface area contributed by atoms with Crippen LogP contribution < -0.4 is 10.6 Å². The average Bonchev–Trinajstić information content (AvgIpc) is 3.43. The van der Waals surface area contributed by atoms with Gasteiger partial charge in [-0.05, 0) is 30.5 Å². The standard InChI is InChI=1S/C20H17N7/c1-2-14-12-22-20(23-16-7-3-13(4-8-16)9-10-21)25-19(14)24-18-11-17(26-27-18)15-5-6-15/h1,3-4,7-8,11-12,15H,5-6,9H2,(H3,22,23,24,25,26,27). The highest BCUT2D eigenvalue weighted by Crippen LogP contribution is 2.39. The van der Waals surface area contributed by atoms with Gasteiger partial charge in [0.2, 0.25) is 5.95 Å². The first-order valence-corrected chi connectivity index (χ1v) is 8.64. The lowest BCUT2D eigenvalue weighted by Gasteiger charge is -2.09. The van der Waals surface area contributed by atoms with Gasteiger partial charge >= 0.3 is 0 Å². The van der Waals surface area contributed by atoms with Crippen LogP contribution in [0.25, 0.3) is 0 Å². The van der Waals surface area contributed by atoms with Gasteiger partial charge in [0.25, 0.3) is 0 Å². The van der Waals surface area contributed by atoms with Crippen LogP contribution >= 0.6 is 0 Å². The highest BCUT2D eigenvalue weighted by molar-refractivity contribution is 5.64. The van der Waals surface area contributed by atoms with Crippen molar-refractivity contribution in [3.63, 3.8) is 0 Å². The predicted molar refractivity (Wildman–Crippen MR) is 103 cm³/mol. The van der Waals surface area contributed by atoms with Crippen LogP contribution in [0.2, 0.25) is 0 Å². The molecule has 4 rings (SSSR count). The van der Waals surface area contributed by atoms with Crippen LogP contribution in [0.1, 0.15) is 35.6 Å². The second-order valence-electron chi connectivity index (χ2n) is 6.36. The normalized spacial score (nSPS) is 12.8. The Hall–Kier alpha value is -3.84. The molecule has 1 fully saturated rings. The van der Waals surface area contributed by atoms with Gasteiger partial charge in [-0.15, -0.1) is 6.42 Å². The molecule has 132 valence electrons. The van der Waals surface area contributed by atoms with Crippen LogP contribution in [-0.4, -0.2) is 20.2 Å². The molecular formula is C20H17N7. The number of hydrogen-bond donors (Lipinski definition) is 3. The minimum Gasteiger partial charge on any atom is -0.324 e. The monoisotopic (exact) mass is 355 g/mol. The molecule has 1 saturated carbocycles. The first kappa shape index (κ1) is 16.6. The second-order valence-corrected chi connectivity index (χ2v) is 6.36. The summed E-state index contributed by atoms with van der Waals surface area (Å²) in [7, 11) is 0. The molecule has 1 aliphatic carbocycles. The zero-order valence-corrected chi connectivity index (χ0v) is 14.5. The fourth-order valence-corrected chi connectivity index (χ4v) is 2.69. The van der Waals surface area contributed by atoms with Gasteiger partial charge in [0.05, 0.1) is 24.3 Å². The Kier molecular flexibility index (Phi) is 4.42. The number of benzene rings is 1. The molecule has 0 atom stereocenters. The predicted octanol–water partition coefficient (Wildman–Crippen LogP) is 3.61. The van der Waals surface area contributed by atoms with Crippen molar-refractivity contribution in [2.24, 2.45) is 0 Å². The summed E-state index contributed by atoms with van der Waals surface area (Å²) in [4.78, 5) is 8.74. The summed E-state index contributed by atoms with van der Waals surface area (Å²) < 4.78 is 0. The fraction of sp³-hybridized carbons (Fsp3) is 0.200. The molecule has 0 bridgehead atoms. The van der Waals surface area contributed by atoms with Crippen LogP contribution in [0.5, 0.6) is 0 Å². The van der Waals surface area contributed by atoms with Crippen molar-refractivity contribution in [2.75, 3.05) is 10.6 Å². The van der Waals surface area contributed by atoms with Crippen molar-refractivity contribution in [2.45, 2.75) is 25.2 Å². The highest BCUT2D eigenvalue weighted by Gasteiger charge is 2.25. The number of H-pyrrole nitrogens is 1. The SMILES string of the molecule is C#Cc1cnc(Nc2ccc(CC#N)cc2)nc1Nc1cc(C2CC2)[nH]n1. The summed E-state index contributed by atoms with van der Waals surface area (Å²) in [6.07, 6.45) is 9.95. The van der Waals surface area contributed by atoms with Gasteiger partial charge < -0.3 is 10.6 Å². The molecule has 2 heterocycles. The van der Waals surface area contributed by atoms with E-state index >= 15 is 0 Å². The van der Waals surface area contributed by atoms with E-state index < -0.39 is 0 Å². The quantitative estimate of drug-likeness (QED) is 0.584. The first-order valence-electron chi connectivity index (χ1n) is 8.64. The van der Waals surface area contributed by atoms with Crippen LogP contribution in [0.3, 0.4) is 0 Å². The minimum absolute atomic E-state index is 0.383. The summed E-state index contributed by atoms with van der Waals surface area (Å²) in [5.41, 5.74) is 3.47. The van der Waals surface area contributed by atoms with E-state index in [1.165, 1.54) is 12.8 Å². The van der Waals surface area contributed by atoms with Crippen molar-refractivity contribution >= 4 is 23.3 Å². The minimum atomic E-state index is 0.383. The number of terminal acetylenes is 1. The molecule has 1 aliphatic rings. The molecule has 7 nitrogen and oxygen atoms in total. The van der Waals surface area contributed by atoms with E-state index in [9.17, 15) is 0 Å². The third-order valence-electron chi connectivity index (χ3n) is 4.30. The largest absolute Gasteiger partial charge is 0.324 e. The smallest absolute Gasteiger partial charge is 0.229 e. The zero-order chi connectivity index (χ0) is 18.6. The van der Waals surface area contributed by atoms with E-state index in [2.05, 4.69) is 42.8 Å². The van der Waals surface area contributed by atoms with E-state index in [1.54, 1.807) is 6.20 Å². The van der Waals surface area contributed by atoms with Crippen LogP contribution in [0.4, 0.5) is 23.3 Å². The Labute approximate surface area is 156 Å². The van der Waals surface area contributed by atoms with Gasteiger partial charge in [-0.1, -0.05) is 18.1 Å². The van der Waals surface area contributed by atoms with Gasteiger partial charge in [-0.2, -0.15) is 15.3 Å². The van der Waals surface area contributed by atoms with Crippen LogP contribution in [-0.2, 0) is 6.42 Å². The molecule has 0 spiro atoms. The van der Waals surface area contributed by atoms with Crippen molar-refractivity contribution in [3.05, 3.63) is 53.3 Å². The van der Waals surface area contributed by atoms with Crippen molar-refractivity contribution in [1.29, 1.82) is 5.26 Å². The third kappa shape index (κ3) is 3.88. The number of hydrogen-bond acceptors (Lipinski definition) is 6. The number of nitriles is 1. The van der Waals surface area contributed by atoms with Gasteiger partial charge in [-0.3, -0.25) is 5.10 Å². The zero-order valence-electron chi connectivity index (χ0n) is 14.5. The molecule has 3 N–H and O–H groups in total. The van der Waals surface area contributed by atoms with Crippen molar-refractivity contribution in [1.82, 2.24) is 20.2 Å². The number of anilines is 4. The Morgan fingerprint density at radius 3 is 2.74 bits per heavy atom. The molecule has 7 heteroatoms. The maximum atomic E-state index is 8.74. The molecule has 1 aromatic carbocycles. The van der Waals surface area contributed by atoms with Crippen LogP contribution in [0.15, 0.2) is 36.5 Å². The number of rotatable bonds is 6. The van der Waals surface area contributed by atoms with Gasteiger partial charge in [0.1, 0.15) is 0 Å². The second kappa shape index (κ2) is 7.19. The van der Waals surface area contributed by atoms with Gasteiger partial charge in [0.15, 0.2) is 11.6 Å². The fourth-order valence-electron chi connectivity index (χ4n) is 2.69. The van der Waals surface area contributed by atoms with E-state index in [0.717, 1.165) is 16.9 Å². The van der Waals surface area contributed by atoms with Crippen molar-refractivity contribution in [3.8, 4) is 18.4 Å². The molecule has 0 unspecified atom stereocenters. The van der Waals surface area contributed by atoms with Crippen LogP contribution in [0, 0.1) is 23.7 Å². The van der Waals surface area contributed by atoms with E-state index in [1.807, 2.05) is 30.3 Å². The third-order valence-corrected chi connectivity index (χ3v) is 4.30. The summed E-state index contributed by atoms with van der Waals surface area (Å²) in [6, 6.07) is 11.7. The maximum Gasteiger partial charge on any atom is 0.229 e. The molecule has 0 saturated heterocycles. The Balaban J connectivity index is 1.52. The number of aromatic amines is 1. The van der Waals surface area contributed by atoms with Gasteiger partial charge in [0, 0.05) is 23.4 Å². The summed E-state index contributed by atoms with van der Waals surface area (Å²) in [6.45, 7) is 0. The lowest BCUT2D eigenvalue weighted by molar-refractivity contribution is 0.966. The Morgan fingerprint density at radius 1 is 1.22 bits per heavy atom. The summed E-state index contributed by atoms with van der Waals surface area (Å²) in [5.74, 6) is 4.79. The maximum absolute atomic E-state index is 8.74. The molecule has 0 aliphatic heterocycles. The highest BCUT2D eigenvalue weighted by atomic mass is 15.2. The lowest BCUT2D eigenvalue weighted by Crippen LogP contribution is -2.03. The number of aromatic nitrogens is 4. The van der Waals surface area contributed by atoms with Crippen molar-refractivity contribution < 1.29 is 0 Å². The van der Waals surface area contributed by atoms with E-state index in [0.29, 0.717) is 35.5 Å². The van der Waals surface area contributed by atoms with E-state index in [-0.39, 0.29) is 0 Å². The Bertz CT molecular complexity index is 1030. The Morgan fingerprint density at radius 2 is 2.04 bits per heavy atom. The number of nitrogens with one attached hydrogen (secondary N) is 3. The molecule has 0 radical (unpaired) electrons. The summed E-state index contributed by atoms with van der Waals surface area (Å²) >= 11 is 0. The molecule has 0 amide bonds. The molecule has 27 heavy (non-hydrogen) atoms. The lowest BCUT2D eigenvalue weighted by atomic mass is 10.1. The number of nitrogens with zero attached hydrogens (tertiary/aromatic N) is 4. The molecular weight excluding hydrogens is 338 g/mol. The average molecular weight is 355 g/mol. The topological polar surface area (TPSA) is 102 Å². The van der Waals surface area contributed by atoms with E-state index in [4.69, 9.17) is 11.7 Å². The first-order chi connectivity index (χ1) is 13.2.